The number of pyridine rings is 1. The van der Waals surface area contributed by atoms with Gasteiger partial charge in [-0.1, -0.05) is 50.6 Å². The predicted octanol–water partition coefficient (Wildman–Crippen LogP) is 5.20. The SMILES string of the molecule is CC(C)c1ccc(CC(C)c2cccc(Cl)c2)cn1. The first-order valence-corrected chi connectivity index (χ1v) is 7.14. The smallest absolute Gasteiger partial charge is 0.0429 e. The maximum absolute atomic E-state index is 6.04. The van der Waals surface area contributed by atoms with Crippen LogP contribution in [0.3, 0.4) is 0 Å². The first kappa shape index (κ1) is 14.1. The lowest BCUT2D eigenvalue weighted by molar-refractivity contribution is 0.750. The summed E-state index contributed by atoms with van der Waals surface area (Å²) in [5.74, 6) is 0.935. The molecule has 0 spiro atoms. The number of hydrogen-bond donors (Lipinski definition) is 0. The van der Waals surface area contributed by atoms with Crippen LogP contribution in [0.15, 0.2) is 42.6 Å². The number of benzene rings is 1. The van der Waals surface area contributed by atoms with Crippen molar-refractivity contribution in [3.8, 4) is 0 Å². The molecule has 0 bridgehead atoms. The van der Waals surface area contributed by atoms with E-state index < -0.39 is 0 Å². The van der Waals surface area contributed by atoms with Gasteiger partial charge in [0.1, 0.15) is 0 Å². The largest absolute Gasteiger partial charge is 0.261 e. The molecule has 2 rings (SSSR count). The molecule has 1 atom stereocenters. The zero-order valence-electron chi connectivity index (χ0n) is 11.7. The Labute approximate surface area is 120 Å². The number of aromatic nitrogens is 1. The molecule has 1 nitrogen and oxygen atoms in total. The van der Waals surface area contributed by atoms with E-state index in [9.17, 15) is 0 Å². The normalized spacial score (nSPS) is 12.7. The topological polar surface area (TPSA) is 12.9 Å². The van der Waals surface area contributed by atoms with Crippen molar-refractivity contribution < 1.29 is 0 Å². The molecule has 2 aromatic rings. The summed E-state index contributed by atoms with van der Waals surface area (Å²) in [6.45, 7) is 6.55. The highest BCUT2D eigenvalue weighted by molar-refractivity contribution is 6.30. The number of rotatable bonds is 4. The van der Waals surface area contributed by atoms with Gasteiger partial charge in [-0.05, 0) is 47.6 Å². The van der Waals surface area contributed by atoms with Crippen LogP contribution in [-0.2, 0) is 6.42 Å². The highest BCUT2D eigenvalue weighted by Gasteiger charge is 2.08. The van der Waals surface area contributed by atoms with Gasteiger partial charge in [-0.25, -0.2) is 0 Å². The van der Waals surface area contributed by atoms with Gasteiger partial charge >= 0.3 is 0 Å². The minimum Gasteiger partial charge on any atom is -0.261 e. The van der Waals surface area contributed by atoms with E-state index in [0.717, 1.165) is 17.1 Å². The predicted molar refractivity (Wildman–Crippen MR) is 81.9 cm³/mol. The second-order valence-corrected chi connectivity index (χ2v) is 5.84. The van der Waals surface area contributed by atoms with E-state index in [2.05, 4.69) is 44.0 Å². The lowest BCUT2D eigenvalue weighted by atomic mass is 9.94. The second kappa shape index (κ2) is 6.21. The Morgan fingerprint density at radius 2 is 1.89 bits per heavy atom. The Morgan fingerprint density at radius 1 is 1.11 bits per heavy atom. The standard InChI is InChI=1S/C17H20ClN/c1-12(2)17-8-7-14(11-19-17)9-13(3)15-5-4-6-16(18)10-15/h4-8,10-13H,9H2,1-3H3. The minimum atomic E-state index is 0.449. The Morgan fingerprint density at radius 3 is 2.47 bits per heavy atom. The van der Waals surface area contributed by atoms with Crippen molar-refractivity contribution in [2.75, 3.05) is 0 Å². The number of hydrogen-bond acceptors (Lipinski definition) is 1. The fourth-order valence-corrected chi connectivity index (χ4v) is 2.38. The molecule has 0 amide bonds. The van der Waals surface area contributed by atoms with Crippen molar-refractivity contribution in [1.29, 1.82) is 0 Å². The lowest BCUT2D eigenvalue weighted by Crippen LogP contribution is -2.00. The Hall–Kier alpha value is -1.34. The molecule has 0 radical (unpaired) electrons. The molecule has 0 aliphatic carbocycles. The van der Waals surface area contributed by atoms with E-state index in [1.807, 2.05) is 24.4 Å². The van der Waals surface area contributed by atoms with Gasteiger partial charge in [0.15, 0.2) is 0 Å². The van der Waals surface area contributed by atoms with Crippen molar-refractivity contribution >= 4 is 11.6 Å². The van der Waals surface area contributed by atoms with E-state index in [4.69, 9.17) is 11.6 Å². The molecule has 1 heterocycles. The second-order valence-electron chi connectivity index (χ2n) is 5.41. The molecule has 0 fully saturated rings. The Balaban J connectivity index is 2.08. The van der Waals surface area contributed by atoms with Crippen molar-refractivity contribution in [1.82, 2.24) is 4.98 Å². The quantitative estimate of drug-likeness (QED) is 0.746. The Bertz CT molecular complexity index is 531. The molecular formula is C17H20ClN. The number of nitrogens with zero attached hydrogens (tertiary/aromatic N) is 1. The third-order valence-electron chi connectivity index (χ3n) is 3.40. The summed E-state index contributed by atoms with van der Waals surface area (Å²) in [6, 6.07) is 12.4. The molecule has 1 unspecified atom stereocenters. The molecule has 0 N–H and O–H groups in total. The molecule has 1 aromatic carbocycles. The van der Waals surface area contributed by atoms with Crippen molar-refractivity contribution in [2.45, 2.75) is 39.0 Å². The van der Waals surface area contributed by atoms with Crippen LogP contribution in [-0.4, -0.2) is 4.98 Å². The van der Waals surface area contributed by atoms with Crippen LogP contribution in [0, 0.1) is 0 Å². The molecular weight excluding hydrogens is 254 g/mol. The molecule has 0 saturated heterocycles. The van der Waals surface area contributed by atoms with Crippen LogP contribution in [0.25, 0.3) is 0 Å². The van der Waals surface area contributed by atoms with Crippen LogP contribution in [0.2, 0.25) is 5.02 Å². The third-order valence-corrected chi connectivity index (χ3v) is 3.63. The third kappa shape index (κ3) is 3.81. The molecule has 19 heavy (non-hydrogen) atoms. The number of halogens is 1. The molecule has 2 heteroatoms. The van der Waals surface area contributed by atoms with Crippen LogP contribution < -0.4 is 0 Å². The molecule has 0 aliphatic heterocycles. The van der Waals surface area contributed by atoms with Crippen LogP contribution in [0.4, 0.5) is 0 Å². The summed E-state index contributed by atoms with van der Waals surface area (Å²) >= 11 is 6.04. The summed E-state index contributed by atoms with van der Waals surface area (Å²) in [4.78, 5) is 4.52. The van der Waals surface area contributed by atoms with Gasteiger partial charge in [0, 0.05) is 16.9 Å². The van der Waals surface area contributed by atoms with Gasteiger partial charge in [0.25, 0.3) is 0 Å². The van der Waals surface area contributed by atoms with Crippen LogP contribution in [0.5, 0.6) is 0 Å². The maximum Gasteiger partial charge on any atom is 0.0429 e. The summed E-state index contributed by atoms with van der Waals surface area (Å²) in [5, 5.41) is 0.803. The zero-order chi connectivity index (χ0) is 13.8. The van der Waals surface area contributed by atoms with E-state index in [1.165, 1.54) is 11.1 Å². The van der Waals surface area contributed by atoms with Crippen LogP contribution in [0.1, 0.15) is 49.4 Å². The monoisotopic (exact) mass is 273 g/mol. The zero-order valence-corrected chi connectivity index (χ0v) is 12.5. The van der Waals surface area contributed by atoms with E-state index in [1.54, 1.807) is 0 Å². The van der Waals surface area contributed by atoms with Gasteiger partial charge in [-0.3, -0.25) is 4.98 Å². The Kier molecular flexibility index (Phi) is 4.60. The first-order valence-electron chi connectivity index (χ1n) is 6.76. The van der Waals surface area contributed by atoms with E-state index in [-0.39, 0.29) is 0 Å². The van der Waals surface area contributed by atoms with Crippen LogP contribution >= 0.6 is 11.6 Å². The van der Waals surface area contributed by atoms with Gasteiger partial charge in [-0.2, -0.15) is 0 Å². The van der Waals surface area contributed by atoms with Gasteiger partial charge in [-0.15, -0.1) is 0 Å². The molecule has 0 aliphatic rings. The molecule has 1 aromatic heterocycles. The van der Waals surface area contributed by atoms with Gasteiger partial charge < -0.3 is 0 Å². The molecule has 100 valence electrons. The maximum atomic E-state index is 6.04. The average Bonchev–Trinajstić information content (AvgIpc) is 2.39. The van der Waals surface area contributed by atoms with Gasteiger partial charge in [0.2, 0.25) is 0 Å². The summed E-state index contributed by atoms with van der Waals surface area (Å²) in [7, 11) is 0. The fraction of sp³-hybridized carbons (Fsp3) is 0.353. The average molecular weight is 274 g/mol. The summed E-state index contributed by atoms with van der Waals surface area (Å²) in [5.41, 5.74) is 3.71. The highest BCUT2D eigenvalue weighted by Crippen LogP contribution is 2.23. The fourth-order valence-electron chi connectivity index (χ4n) is 2.18. The first-order chi connectivity index (χ1) is 9.06. The molecule has 0 saturated carbocycles. The minimum absolute atomic E-state index is 0.449. The summed E-state index contributed by atoms with van der Waals surface area (Å²) in [6.07, 6.45) is 2.99. The van der Waals surface area contributed by atoms with Crippen molar-refractivity contribution in [2.24, 2.45) is 0 Å². The lowest BCUT2D eigenvalue weighted by Gasteiger charge is -2.13. The van der Waals surface area contributed by atoms with Crippen molar-refractivity contribution in [3.63, 3.8) is 0 Å². The van der Waals surface area contributed by atoms with E-state index in [0.29, 0.717) is 11.8 Å². The van der Waals surface area contributed by atoms with E-state index >= 15 is 0 Å². The van der Waals surface area contributed by atoms with Crippen molar-refractivity contribution in [3.05, 3.63) is 64.4 Å². The summed E-state index contributed by atoms with van der Waals surface area (Å²) < 4.78 is 0. The highest BCUT2D eigenvalue weighted by atomic mass is 35.5. The van der Waals surface area contributed by atoms with Gasteiger partial charge in [0.05, 0.1) is 0 Å².